The molecule has 1 aliphatic heterocycles. The molecule has 112 valence electrons. The SMILES string of the molecule is C=CCOc1cccc(C(=O)Nc2ccc3c(c2)OCO3)c1. The molecule has 1 aliphatic rings. The van der Waals surface area contributed by atoms with Crippen LogP contribution in [0.3, 0.4) is 0 Å². The molecule has 0 bridgehead atoms. The highest BCUT2D eigenvalue weighted by molar-refractivity contribution is 6.04. The minimum atomic E-state index is -0.220. The van der Waals surface area contributed by atoms with Crippen molar-refractivity contribution in [2.24, 2.45) is 0 Å². The zero-order valence-corrected chi connectivity index (χ0v) is 11.9. The Morgan fingerprint density at radius 1 is 1.23 bits per heavy atom. The molecule has 1 heterocycles. The summed E-state index contributed by atoms with van der Waals surface area (Å²) in [6.45, 7) is 4.19. The molecule has 2 aromatic rings. The number of carbonyl (C=O) groups is 1. The van der Waals surface area contributed by atoms with Crippen molar-refractivity contribution in [3.05, 3.63) is 60.7 Å². The minimum absolute atomic E-state index is 0.204. The molecule has 0 atom stereocenters. The van der Waals surface area contributed by atoms with Crippen molar-refractivity contribution in [1.82, 2.24) is 0 Å². The van der Waals surface area contributed by atoms with Gasteiger partial charge in [0, 0.05) is 17.3 Å². The Morgan fingerprint density at radius 2 is 2.09 bits per heavy atom. The van der Waals surface area contributed by atoms with Crippen molar-refractivity contribution in [2.75, 3.05) is 18.7 Å². The third kappa shape index (κ3) is 3.03. The van der Waals surface area contributed by atoms with Crippen LogP contribution < -0.4 is 19.5 Å². The highest BCUT2D eigenvalue weighted by Gasteiger charge is 2.14. The molecule has 1 amide bonds. The number of carbonyl (C=O) groups excluding carboxylic acids is 1. The van der Waals surface area contributed by atoms with E-state index in [4.69, 9.17) is 14.2 Å². The third-order valence-corrected chi connectivity index (χ3v) is 3.09. The fourth-order valence-corrected chi connectivity index (χ4v) is 2.06. The fourth-order valence-electron chi connectivity index (χ4n) is 2.06. The van der Waals surface area contributed by atoms with Crippen LogP contribution in [0.1, 0.15) is 10.4 Å². The van der Waals surface area contributed by atoms with Gasteiger partial charge in [-0.15, -0.1) is 0 Å². The van der Waals surface area contributed by atoms with E-state index in [1.165, 1.54) is 0 Å². The maximum Gasteiger partial charge on any atom is 0.255 e. The quantitative estimate of drug-likeness (QED) is 0.861. The largest absolute Gasteiger partial charge is 0.490 e. The summed E-state index contributed by atoms with van der Waals surface area (Å²) in [4.78, 5) is 12.3. The van der Waals surface area contributed by atoms with E-state index in [2.05, 4.69) is 11.9 Å². The normalized spacial score (nSPS) is 11.8. The van der Waals surface area contributed by atoms with Crippen LogP contribution in [0.4, 0.5) is 5.69 Å². The average molecular weight is 297 g/mol. The predicted molar refractivity (Wildman–Crippen MR) is 82.7 cm³/mol. The number of hydrogen-bond donors (Lipinski definition) is 1. The van der Waals surface area contributed by atoms with Crippen LogP contribution >= 0.6 is 0 Å². The van der Waals surface area contributed by atoms with Gasteiger partial charge in [0.15, 0.2) is 11.5 Å². The van der Waals surface area contributed by atoms with E-state index in [1.807, 2.05) is 0 Å². The first-order chi connectivity index (χ1) is 10.8. The second-order valence-electron chi connectivity index (χ2n) is 4.65. The van der Waals surface area contributed by atoms with Gasteiger partial charge in [-0.05, 0) is 30.3 Å². The van der Waals surface area contributed by atoms with Crippen LogP contribution in [0.5, 0.6) is 17.2 Å². The van der Waals surface area contributed by atoms with E-state index in [-0.39, 0.29) is 12.7 Å². The van der Waals surface area contributed by atoms with Crippen LogP contribution in [0, 0.1) is 0 Å². The second-order valence-corrected chi connectivity index (χ2v) is 4.65. The molecule has 5 heteroatoms. The van der Waals surface area contributed by atoms with Crippen LogP contribution in [-0.4, -0.2) is 19.3 Å². The Balaban J connectivity index is 1.72. The number of benzene rings is 2. The molecule has 0 aliphatic carbocycles. The van der Waals surface area contributed by atoms with Crippen molar-refractivity contribution in [2.45, 2.75) is 0 Å². The third-order valence-electron chi connectivity index (χ3n) is 3.09. The fraction of sp³-hybridized carbons (Fsp3) is 0.118. The van der Waals surface area contributed by atoms with Crippen LogP contribution in [0.15, 0.2) is 55.1 Å². The molecule has 2 aromatic carbocycles. The lowest BCUT2D eigenvalue weighted by atomic mass is 10.2. The Labute approximate surface area is 128 Å². The summed E-state index contributed by atoms with van der Waals surface area (Å²) < 4.78 is 15.9. The summed E-state index contributed by atoms with van der Waals surface area (Å²) in [6, 6.07) is 12.2. The Bertz CT molecular complexity index is 712. The molecule has 0 unspecified atom stereocenters. The highest BCUT2D eigenvalue weighted by Crippen LogP contribution is 2.34. The lowest BCUT2D eigenvalue weighted by Crippen LogP contribution is -2.12. The maximum atomic E-state index is 12.3. The molecule has 22 heavy (non-hydrogen) atoms. The molecule has 0 spiro atoms. The molecule has 1 N–H and O–H groups in total. The Morgan fingerprint density at radius 3 is 2.95 bits per heavy atom. The van der Waals surface area contributed by atoms with Gasteiger partial charge in [-0.3, -0.25) is 4.79 Å². The first-order valence-corrected chi connectivity index (χ1v) is 6.81. The van der Waals surface area contributed by atoms with Crippen molar-refractivity contribution < 1.29 is 19.0 Å². The van der Waals surface area contributed by atoms with Gasteiger partial charge in [-0.2, -0.15) is 0 Å². The van der Waals surface area contributed by atoms with Crippen molar-refractivity contribution in [3.8, 4) is 17.2 Å². The van der Waals surface area contributed by atoms with E-state index in [1.54, 1.807) is 48.5 Å². The molecule has 5 nitrogen and oxygen atoms in total. The second kappa shape index (κ2) is 6.22. The summed E-state index contributed by atoms with van der Waals surface area (Å²) in [5.74, 6) is 1.71. The van der Waals surface area contributed by atoms with E-state index < -0.39 is 0 Å². The summed E-state index contributed by atoms with van der Waals surface area (Å²) in [6.07, 6.45) is 1.65. The van der Waals surface area contributed by atoms with E-state index in [0.717, 1.165) is 0 Å². The number of amides is 1. The lowest BCUT2D eigenvalue weighted by Gasteiger charge is -2.08. The number of rotatable bonds is 5. The molecule has 0 saturated carbocycles. The number of anilines is 1. The molecule has 0 fully saturated rings. The van der Waals surface area contributed by atoms with Crippen LogP contribution in [-0.2, 0) is 0 Å². The number of fused-ring (bicyclic) bond motifs is 1. The van der Waals surface area contributed by atoms with Gasteiger partial charge in [-0.25, -0.2) is 0 Å². The molecule has 0 saturated heterocycles. The van der Waals surface area contributed by atoms with Gasteiger partial charge in [-0.1, -0.05) is 18.7 Å². The Kier molecular flexibility index (Phi) is 3.96. The lowest BCUT2D eigenvalue weighted by molar-refractivity contribution is 0.102. The number of hydrogen-bond acceptors (Lipinski definition) is 4. The first kappa shape index (κ1) is 14.0. The van der Waals surface area contributed by atoms with E-state index >= 15 is 0 Å². The molecular weight excluding hydrogens is 282 g/mol. The van der Waals surface area contributed by atoms with Gasteiger partial charge in [0.2, 0.25) is 6.79 Å². The van der Waals surface area contributed by atoms with Gasteiger partial charge in [0.1, 0.15) is 12.4 Å². The van der Waals surface area contributed by atoms with E-state index in [0.29, 0.717) is 35.1 Å². The Hall–Kier alpha value is -2.95. The summed E-state index contributed by atoms with van der Waals surface area (Å²) >= 11 is 0. The van der Waals surface area contributed by atoms with E-state index in [9.17, 15) is 4.79 Å². The molecular formula is C17H15NO4. The summed E-state index contributed by atoms with van der Waals surface area (Å²) in [5.41, 5.74) is 1.16. The number of ether oxygens (including phenoxy) is 3. The van der Waals surface area contributed by atoms with Gasteiger partial charge >= 0.3 is 0 Å². The predicted octanol–water partition coefficient (Wildman–Crippen LogP) is 3.23. The zero-order chi connectivity index (χ0) is 15.4. The van der Waals surface area contributed by atoms with Crippen molar-refractivity contribution in [3.63, 3.8) is 0 Å². The summed E-state index contributed by atoms with van der Waals surface area (Å²) in [5, 5.41) is 2.82. The maximum absolute atomic E-state index is 12.3. The van der Waals surface area contributed by atoms with Gasteiger partial charge < -0.3 is 19.5 Å². The first-order valence-electron chi connectivity index (χ1n) is 6.81. The monoisotopic (exact) mass is 297 g/mol. The van der Waals surface area contributed by atoms with Gasteiger partial charge in [0.05, 0.1) is 0 Å². The van der Waals surface area contributed by atoms with Crippen LogP contribution in [0.25, 0.3) is 0 Å². The average Bonchev–Trinajstić information content (AvgIpc) is 3.01. The van der Waals surface area contributed by atoms with Gasteiger partial charge in [0.25, 0.3) is 5.91 Å². The molecule has 0 aromatic heterocycles. The van der Waals surface area contributed by atoms with Crippen molar-refractivity contribution >= 4 is 11.6 Å². The van der Waals surface area contributed by atoms with Crippen molar-refractivity contribution in [1.29, 1.82) is 0 Å². The zero-order valence-electron chi connectivity index (χ0n) is 11.9. The smallest absolute Gasteiger partial charge is 0.255 e. The van der Waals surface area contributed by atoms with Crippen LogP contribution in [0.2, 0.25) is 0 Å². The molecule has 0 radical (unpaired) electrons. The topological polar surface area (TPSA) is 56.8 Å². The summed E-state index contributed by atoms with van der Waals surface area (Å²) in [7, 11) is 0. The number of nitrogens with one attached hydrogen (secondary N) is 1. The minimum Gasteiger partial charge on any atom is -0.490 e. The standard InChI is InChI=1S/C17H15NO4/c1-2-8-20-14-5-3-4-12(9-14)17(19)18-13-6-7-15-16(10-13)22-11-21-15/h2-7,9-10H,1,8,11H2,(H,18,19). The highest BCUT2D eigenvalue weighted by atomic mass is 16.7. The molecule has 3 rings (SSSR count).